The molecule has 2 nitrogen and oxygen atoms in total. The molecule has 0 bridgehead atoms. The summed E-state index contributed by atoms with van der Waals surface area (Å²) in [7, 11) is -3.50. The van der Waals surface area contributed by atoms with Gasteiger partial charge in [0.1, 0.15) is 0 Å². The molecule has 0 N–H and O–H groups in total. The van der Waals surface area contributed by atoms with E-state index in [0.717, 1.165) is 11.1 Å². The average molecular weight is 355 g/mol. The van der Waals surface area contributed by atoms with Crippen LogP contribution in [0, 0.1) is 0 Å². The lowest BCUT2D eigenvalue weighted by Crippen LogP contribution is -2.36. The zero-order valence-electron chi connectivity index (χ0n) is 11.9. The first-order chi connectivity index (χ1) is 10.6. The van der Waals surface area contributed by atoms with E-state index in [1.165, 1.54) is 0 Å². The standard InChI is InChI=1S/C17H16Cl2O2S/c18-11-9-17(10-12-19)13-5-1-3-7-15(13)22(20,21)16-8-4-2-6-14(16)17/h1-8H,9-12H2. The Bertz CT molecular complexity index is 738. The van der Waals surface area contributed by atoms with E-state index < -0.39 is 15.3 Å². The van der Waals surface area contributed by atoms with Crippen molar-refractivity contribution in [2.45, 2.75) is 28.0 Å². The lowest BCUT2D eigenvalue weighted by Gasteiger charge is -2.40. The molecule has 116 valence electrons. The third-order valence-electron chi connectivity index (χ3n) is 4.43. The topological polar surface area (TPSA) is 34.1 Å². The van der Waals surface area contributed by atoms with Gasteiger partial charge in [-0.05, 0) is 36.1 Å². The lowest BCUT2D eigenvalue weighted by atomic mass is 9.70. The highest BCUT2D eigenvalue weighted by molar-refractivity contribution is 7.91. The largest absolute Gasteiger partial charge is 0.218 e. The predicted molar refractivity (Wildman–Crippen MR) is 89.8 cm³/mol. The minimum atomic E-state index is -3.50. The summed E-state index contributed by atoms with van der Waals surface area (Å²) in [4.78, 5) is 0.757. The highest BCUT2D eigenvalue weighted by Gasteiger charge is 2.45. The number of hydrogen-bond donors (Lipinski definition) is 0. The Kier molecular flexibility index (Phi) is 4.23. The summed E-state index contributed by atoms with van der Waals surface area (Å²) < 4.78 is 25.9. The fraction of sp³-hybridized carbons (Fsp3) is 0.294. The number of hydrogen-bond acceptors (Lipinski definition) is 2. The zero-order chi connectivity index (χ0) is 15.8. The third kappa shape index (κ3) is 2.18. The maximum atomic E-state index is 12.9. The van der Waals surface area contributed by atoms with Crippen molar-refractivity contribution in [3.05, 3.63) is 59.7 Å². The molecule has 1 aliphatic rings. The monoisotopic (exact) mass is 354 g/mol. The maximum absolute atomic E-state index is 12.9. The van der Waals surface area contributed by atoms with Crippen molar-refractivity contribution < 1.29 is 8.42 Å². The van der Waals surface area contributed by atoms with E-state index in [1.807, 2.05) is 24.3 Å². The molecule has 1 aliphatic heterocycles. The summed E-state index contributed by atoms with van der Waals surface area (Å²) in [5, 5.41) is 0. The Hall–Kier alpha value is -1.03. The van der Waals surface area contributed by atoms with E-state index in [1.54, 1.807) is 24.3 Å². The predicted octanol–water partition coefficient (Wildman–Crippen LogP) is 4.38. The van der Waals surface area contributed by atoms with Gasteiger partial charge in [-0.25, -0.2) is 8.42 Å². The molecule has 0 amide bonds. The van der Waals surface area contributed by atoms with Crippen molar-refractivity contribution >= 4 is 33.0 Å². The quantitative estimate of drug-likeness (QED) is 0.763. The number of alkyl halides is 2. The van der Waals surface area contributed by atoms with E-state index in [4.69, 9.17) is 23.2 Å². The molecule has 0 aliphatic carbocycles. The van der Waals surface area contributed by atoms with Gasteiger partial charge in [-0.3, -0.25) is 0 Å². The number of fused-ring (bicyclic) bond motifs is 2. The second kappa shape index (κ2) is 5.88. The van der Waals surface area contributed by atoms with Crippen molar-refractivity contribution in [2.75, 3.05) is 11.8 Å². The van der Waals surface area contributed by atoms with Crippen LogP contribution in [0.2, 0.25) is 0 Å². The maximum Gasteiger partial charge on any atom is 0.207 e. The summed E-state index contributed by atoms with van der Waals surface area (Å²) in [5.41, 5.74) is 1.19. The van der Waals surface area contributed by atoms with Crippen molar-refractivity contribution in [1.29, 1.82) is 0 Å². The molecule has 0 atom stereocenters. The van der Waals surface area contributed by atoms with Crippen LogP contribution in [0.25, 0.3) is 0 Å². The fourth-order valence-electron chi connectivity index (χ4n) is 3.44. The second-order valence-corrected chi connectivity index (χ2v) is 8.10. The molecule has 0 fully saturated rings. The summed E-state index contributed by atoms with van der Waals surface area (Å²) in [6, 6.07) is 14.4. The SMILES string of the molecule is O=S1(=O)c2ccccc2C(CCCl)(CCCl)c2ccccc21. The minimum Gasteiger partial charge on any atom is -0.218 e. The Balaban J connectivity index is 2.42. The summed E-state index contributed by atoms with van der Waals surface area (Å²) in [6.45, 7) is 0. The van der Waals surface area contributed by atoms with E-state index in [9.17, 15) is 8.42 Å². The lowest BCUT2D eigenvalue weighted by molar-refractivity contribution is 0.454. The van der Waals surface area contributed by atoms with Gasteiger partial charge < -0.3 is 0 Å². The molecule has 0 aromatic heterocycles. The number of benzene rings is 2. The molecule has 0 unspecified atom stereocenters. The van der Waals surface area contributed by atoms with Gasteiger partial charge in [-0.1, -0.05) is 36.4 Å². The van der Waals surface area contributed by atoms with Crippen LogP contribution < -0.4 is 0 Å². The van der Waals surface area contributed by atoms with Gasteiger partial charge in [0.25, 0.3) is 0 Å². The van der Waals surface area contributed by atoms with Crippen LogP contribution >= 0.6 is 23.2 Å². The molecule has 0 saturated heterocycles. The van der Waals surface area contributed by atoms with E-state index in [2.05, 4.69) is 0 Å². The van der Waals surface area contributed by atoms with Crippen LogP contribution in [0.3, 0.4) is 0 Å². The molecule has 2 aromatic carbocycles. The Morgan fingerprint density at radius 2 is 1.18 bits per heavy atom. The number of halogens is 2. The molecular weight excluding hydrogens is 339 g/mol. The Morgan fingerprint density at radius 1 is 0.773 bits per heavy atom. The minimum absolute atomic E-state index is 0.379. The summed E-state index contributed by atoms with van der Waals surface area (Å²) in [6.07, 6.45) is 1.32. The van der Waals surface area contributed by atoms with E-state index >= 15 is 0 Å². The zero-order valence-corrected chi connectivity index (χ0v) is 14.3. The van der Waals surface area contributed by atoms with Crippen molar-refractivity contribution in [1.82, 2.24) is 0 Å². The highest BCUT2D eigenvalue weighted by Crippen LogP contribution is 2.49. The normalized spacial score (nSPS) is 17.5. The fourth-order valence-corrected chi connectivity index (χ4v) is 5.95. The molecule has 0 spiro atoms. The van der Waals surface area contributed by atoms with Gasteiger partial charge in [0.2, 0.25) is 9.84 Å². The van der Waals surface area contributed by atoms with Crippen LogP contribution in [0.1, 0.15) is 24.0 Å². The van der Waals surface area contributed by atoms with Gasteiger partial charge in [0, 0.05) is 17.2 Å². The second-order valence-electron chi connectivity index (χ2n) is 5.46. The van der Waals surface area contributed by atoms with E-state index in [0.29, 0.717) is 34.4 Å². The van der Waals surface area contributed by atoms with Gasteiger partial charge in [0.05, 0.1) is 9.79 Å². The smallest absolute Gasteiger partial charge is 0.207 e. The van der Waals surface area contributed by atoms with Crippen molar-refractivity contribution in [3.8, 4) is 0 Å². The van der Waals surface area contributed by atoms with Crippen LogP contribution in [-0.4, -0.2) is 20.2 Å². The molecular formula is C17H16Cl2O2S. The number of sulfone groups is 1. The van der Waals surface area contributed by atoms with Crippen LogP contribution in [0.15, 0.2) is 58.3 Å². The third-order valence-corrected chi connectivity index (χ3v) is 6.67. The van der Waals surface area contributed by atoms with Gasteiger partial charge >= 0.3 is 0 Å². The Labute approximate surface area is 141 Å². The molecule has 0 saturated carbocycles. The summed E-state index contributed by atoms with van der Waals surface area (Å²) >= 11 is 12.1. The van der Waals surface area contributed by atoms with Crippen molar-refractivity contribution in [3.63, 3.8) is 0 Å². The average Bonchev–Trinajstić information content (AvgIpc) is 2.54. The first-order valence-electron chi connectivity index (χ1n) is 7.14. The molecule has 22 heavy (non-hydrogen) atoms. The van der Waals surface area contributed by atoms with Crippen molar-refractivity contribution in [2.24, 2.45) is 0 Å². The van der Waals surface area contributed by atoms with Crippen LogP contribution in [-0.2, 0) is 15.3 Å². The molecule has 2 aromatic rings. The number of rotatable bonds is 4. The molecule has 1 heterocycles. The molecule has 0 radical (unpaired) electrons. The van der Waals surface area contributed by atoms with Crippen LogP contribution in [0.4, 0.5) is 0 Å². The summed E-state index contributed by atoms with van der Waals surface area (Å²) in [5.74, 6) is 0.888. The van der Waals surface area contributed by atoms with Gasteiger partial charge in [-0.15, -0.1) is 23.2 Å². The Morgan fingerprint density at radius 3 is 1.59 bits per heavy atom. The highest BCUT2D eigenvalue weighted by atomic mass is 35.5. The molecule has 5 heteroatoms. The molecule has 3 rings (SSSR count). The first kappa shape index (κ1) is 15.9. The first-order valence-corrected chi connectivity index (χ1v) is 9.69. The van der Waals surface area contributed by atoms with Crippen LogP contribution in [0.5, 0.6) is 0 Å². The van der Waals surface area contributed by atoms with E-state index in [-0.39, 0.29) is 0 Å². The van der Waals surface area contributed by atoms with Gasteiger partial charge in [-0.2, -0.15) is 0 Å². The van der Waals surface area contributed by atoms with Gasteiger partial charge in [0.15, 0.2) is 0 Å².